The van der Waals surface area contributed by atoms with Gasteiger partial charge in [0.25, 0.3) is 0 Å². The molecule has 0 aliphatic carbocycles. The topological polar surface area (TPSA) is 98.1 Å². The number of aliphatic hydroxyl groups is 1. The van der Waals surface area contributed by atoms with Crippen LogP contribution in [0.3, 0.4) is 0 Å². The standard InChI is InChI=1S/C11H14N4O2/c1-6-3-7(2)9(13-4-6)10-14-11(17-15-10)8(12)5-16/h3-4,8,16H,5,12H2,1-2H3/t8-/m0/s1. The van der Waals surface area contributed by atoms with Crippen LogP contribution in [0.1, 0.15) is 23.1 Å². The van der Waals surface area contributed by atoms with E-state index in [1.165, 1.54) is 0 Å². The minimum Gasteiger partial charge on any atom is -0.394 e. The molecule has 0 aromatic carbocycles. The minimum absolute atomic E-state index is 0.212. The predicted molar refractivity (Wildman–Crippen MR) is 61.0 cm³/mol. The number of pyridine rings is 1. The number of aliphatic hydroxyl groups excluding tert-OH is 1. The molecule has 6 heteroatoms. The Morgan fingerprint density at radius 3 is 2.88 bits per heavy atom. The molecule has 0 aliphatic heterocycles. The highest BCUT2D eigenvalue weighted by molar-refractivity contribution is 5.54. The molecule has 2 aromatic heterocycles. The zero-order chi connectivity index (χ0) is 12.4. The van der Waals surface area contributed by atoms with Crippen LogP contribution in [0.25, 0.3) is 11.5 Å². The lowest BCUT2D eigenvalue weighted by molar-refractivity contribution is 0.237. The third kappa shape index (κ3) is 2.32. The van der Waals surface area contributed by atoms with Crippen molar-refractivity contribution < 1.29 is 9.63 Å². The molecule has 0 bridgehead atoms. The summed E-state index contributed by atoms with van der Waals surface area (Å²) in [5.41, 5.74) is 8.28. The molecule has 0 saturated carbocycles. The predicted octanol–water partition coefficient (Wildman–Crippen LogP) is 0.741. The van der Waals surface area contributed by atoms with Crippen LogP contribution in [0.15, 0.2) is 16.8 Å². The van der Waals surface area contributed by atoms with E-state index in [2.05, 4.69) is 15.1 Å². The van der Waals surface area contributed by atoms with Crippen LogP contribution in [0, 0.1) is 13.8 Å². The summed E-state index contributed by atoms with van der Waals surface area (Å²) < 4.78 is 4.97. The fourth-order valence-corrected chi connectivity index (χ4v) is 1.51. The number of rotatable bonds is 3. The first kappa shape index (κ1) is 11.7. The van der Waals surface area contributed by atoms with Crippen LogP contribution in [-0.2, 0) is 0 Å². The molecule has 90 valence electrons. The zero-order valence-corrected chi connectivity index (χ0v) is 9.71. The van der Waals surface area contributed by atoms with E-state index in [0.717, 1.165) is 11.1 Å². The van der Waals surface area contributed by atoms with Gasteiger partial charge in [-0.3, -0.25) is 4.98 Å². The lowest BCUT2D eigenvalue weighted by atomic mass is 10.1. The summed E-state index contributed by atoms with van der Waals surface area (Å²) in [6.45, 7) is 3.66. The van der Waals surface area contributed by atoms with Crippen molar-refractivity contribution in [2.45, 2.75) is 19.9 Å². The average Bonchev–Trinajstić information content (AvgIpc) is 2.77. The largest absolute Gasteiger partial charge is 0.394 e. The number of hydrogen-bond acceptors (Lipinski definition) is 6. The molecular formula is C11H14N4O2. The van der Waals surface area contributed by atoms with Crippen LogP contribution in [0.4, 0.5) is 0 Å². The van der Waals surface area contributed by atoms with Crippen LogP contribution >= 0.6 is 0 Å². The minimum atomic E-state index is -0.651. The second-order valence-electron chi connectivity index (χ2n) is 3.92. The molecule has 1 atom stereocenters. The Hall–Kier alpha value is -1.79. The van der Waals surface area contributed by atoms with Crippen LogP contribution in [0.2, 0.25) is 0 Å². The quantitative estimate of drug-likeness (QED) is 0.812. The summed E-state index contributed by atoms with van der Waals surface area (Å²) in [7, 11) is 0. The SMILES string of the molecule is Cc1cnc(-c2noc([C@@H](N)CO)n2)c(C)c1. The zero-order valence-electron chi connectivity index (χ0n) is 9.71. The highest BCUT2D eigenvalue weighted by atomic mass is 16.5. The molecular weight excluding hydrogens is 220 g/mol. The maximum absolute atomic E-state index is 8.89. The van der Waals surface area contributed by atoms with E-state index in [1.54, 1.807) is 6.20 Å². The van der Waals surface area contributed by atoms with Crippen molar-refractivity contribution >= 4 is 0 Å². The van der Waals surface area contributed by atoms with Crippen LogP contribution < -0.4 is 5.73 Å². The van der Waals surface area contributed by atoms with Crippen molar-refractivity contribution in [1.82, 2.24) is 15.1 Å². The Bertz CT molecular complexity index is 524. The molecule has 0 unspecified atom stereocenters. The first-order valence-corrected chi connectivity index (χ1v) is 5.25. The van der Waals surface area contributed by atoms with Crippen LogP contribution in [0.5, 0.6) is 0 Å². The fraction of sp³-hybridized carbons (Fsp3) is 0.364. The summed E-state index contributed by atoms with van der Waals surface area (Å²) in [4.78, 5) is 8.37. The van der Waals surface area contributed by atoms with Gasteiger partial charge < -0.3 is 15.4 Å². The second-order valence-corrected chi connectivity index (χ2v) is 3.92. The number of hydrogen-bond donors (Lipinski definition) is 2. The molecule has 2 rings (SSSR count). The van der Waals surface area contributed by atoms with Crippen molar-refractivity contribution in [3.05, 3.63) is 29.3 Å². The second kappa shape index (κ2) is 4.60. The first-order valence-electron chi connectivity index (χ1n) is 5.25. The van der Waals surface area contributed by atoms with Gasteiger partial charge in [0.05, 0.1) is 6.61 Å². The van der Waals surface area contributed by atoms with E-state index in [1.807, 2.05) is 19.9 Å². The van der Waals surface area contributed by atoms with Gasteiger partial charge in [-0.05, 0) is 25.0 Å². The monoisotopic (exact) mass is 234 g/mol. The number of nitrogens with two attached hydrogens (primary N) is 1. The van der Waals surface area contributed by atoms with Gasteiger partial charge in [0.1, 0.15) is 11.7 Å². The van der Waals surface area contributed by atoms with E-state index in [-0.39, 0.29) is 12.5 Å². The summed E-state index contributed by atoms with van der Waals surface area (Å²) in [5, 5.41) is 12.7. The smallest absolute Gasteiger partial charge is 0.246 e. The highest BCUT2D eigenvalue weighted by Crippen LogP contribution is 2.19. The molecule has 0 radical (unpaired) electrons. The molecule has 0 saturated heterocycles. The average molecular weight is 234 g/mol. The van der Waals surface area contributed by atoms with Crippen LogP contribution in [-0.4, -0.2) is 26.8 Å². The Labute approximate surface area is 98.5 Å². The maximum atomic E-state index is 8.89. The van der Waals surface area contributed by atoms with Crippen molar-refractivity contribution in [2.75, 3.05) is 6.61 Å². The Balaban J connectivity index is 2.37. The highest BCUT2D eigenvalue weighted by Gasteiger charge is 2.16. The van der Waals surface area contributed by atoms with Crippen molar-refractivity contribution in [3.8, 4) is 11.5 Å². The Kier molecular flexibility index (Phi) is 3.16. The molecule has 0 fully saturated rings. The van der Waals surface area contributed by atoms with Gasteiger partial charge in [0.15, 0.2) is 0 Å². The third-order valence-electron chi connectivity index (χ3n) is 2.38. The summed E-state index contributed by atoms with van der Waals surface area (Å²) in [5.74, 6) is 0.602. The summed E-state index contributed by atoms with van der Waals surface area (Å²) in [6.07, 6.45) is 1.74. The molecule has 2 heterocycles. The molecule has 0 aliphatic rings. The van der Waals surface area contributed by atoms with E-state index in [9.17, 15) is 0 Å². The van der Waals surface area contributed by atoms with Gasteiger partial charge in [0.2, 0.25) is 11.7 Å². The molecule has 3 N–H and O–H groups in total. The van der Waals surface area contributed by atoms with E-state index in [4.69, 9.17) is 15.4 Å². The molecule has 0 amide bonds. The third-order valence-corrected chi connectivity index (χ3v) is 2.38. The summed E-state index contributed by atoms with van der Waals surface area (Å²) in [6, 6.07) is 1.34. The fourth-order valence-electron chi connectivity index (χ4n) is 1.51. The van der Waals surface area contributed by atoms with Gasteiger partial charge in [-0.15, -0.1) is 0 Å². The number of aryl methyl sites for hydroxylation is 2. The van der Waals surface area contributed by atoms with Gasteiger partial charge in [-0.2, -0.15) is 4.98 Å². The normalized spacial score (nSPS) is 12.7. The Morgan fingerprint density at radius 2 is 2.24 bits per heavy atom. The molecule has 6 nitrogen and oxygen atoms in total. The van der Waals surface area contributed by atoms with Crippen molar-refractivity contribution in [1.29, 1.82) is 0 Å². The maximum Gasteiger partial charge on any atom is 0.246 e. The summed E-state index contributed by atoms with van der Waals surface area (Å²) >= 11 is 0. The van der Waals surface area contributed by atoms with E-state index in [0.29, 0.717) is 11.5 Å². The Morgan fingerprint density at radius 1 is 1.47 bits per heavy atom. The van der Waals surface area contributed by atoms with Crippen molar-refractivity contribution in [2.24, 2.45) is 5.73 Å². The van der Waals surface area contributed by atoms with Crippen molar-refractivity contribution in [3.63, 3.8) is 0 Å². The molecule has 17 heavy (non-hydrogen) atoms. The van der Waals surface area contributed by atoms with E-state index >= 15 is 0 Å². The lowest BCUT2D eigenvalue weighted by Gasteiger charge is -2.01. The van der Waals surface area contributed by atoms with E-state index < -0.39 is 6.04 Å². The first-order chi connectivity index (χ1) is 8.11. The number of aromatic nitrogens is 3. The van der Waals surface area contributed by atoms with Gasteiger partial charge in [0, 0.05) is 6.20 Å². The van der Waals surface area contributed by atoms with Gasteiger partial charge in [-0.25, -0.2) is 0 Å². The van der Waals surface area contributed by atoms with Gasteiger partial charge >= 0.3 is 0 Å². The number of nitrogens with zero attached hydrogens (tertiary/aromatic N) is 3. The lowest BCUT2D eigenvalue weighted by Crippen LogP contribution is -2.14. The molecule has 2 aromatic rings. The van der Waals surface area contributed by atoms with Gasteiger partial charge in [-0.1, -0.05) is 11.2 Å². The molecule has 0 spiro atoms.